The van der Waals surface area contributed by atoms with E-state index in [0.717, 1.165) is 55.3 Å². The molecule has 1 fully saturated rings. The van der Waals surface area contributed by atoms with Crippen LogP contribution in [0, 0.1) is 0 Å². The van der Waals surface area contributed by atoms with Crippen LogP contribution in [-0.2, 0) is 11.3 Å². The van der Waals surface area contributed by atoms with Crippen LogP contribution in [0.5, 0.6) is 11.5 Å². The summed E-state index contributed by atoms with van der Waals surface area (Å²) >= 11 is 0. The number of amides is 1. The van der Waals surface area contributed by atoms with Crippen molar-refractivity contribution in [2.75, 3.05) is 38.3 Å². The van der Waals surface area contributed by atoms with E-state index < -0.39 is 0 Å². The van der Waals surface area contributed by atoms with Crippen LogP contribution >= 0.6 is 0 Å². The molecule has 0 bridgehead atoms. The number of fused-ring (bicyclic) bond motifs is 2. The number of nitrogens with zero attached hydrogens (tertiary/aromatic N) is 2. The molecule has 1 amide bonds. The number of anilines is 1. The maximum absolute atomic E-state index is 12.8. The number of carbonyl (C=O) groups is 1. The Morgan fingerprint density at radius 2 is 1.71 bits per heavy atom. The molecule has 5 rings (SSSR count). The van der Waals surface area contributed by atoms with Crippen molar-refractivity contribution in [1.29, 1.82) is 0 Å². The van der Waals surface area contributed by atoms with Crippen molar-refractivity contribution in [1.82, 2.24) is 9.80 Å². The maximum atomic E-state index is 12.8. The molecule has 160 valence electrons. The number of ether oxygens (including phenoxy) is 2. The van der Waals surface area contributed by atoms with Gasteiger partial charge in [0.1, 0.15) is 0 Å². The molecule has 1 saturated heterocycles. The first-order valence-electron chi connectivity index (χ1n) is 10.8. The number of nitrogens with one attached hydrogen (secondary N) is 1. The van der Waals surface area contributed by atoms with Crippen LogP contribution in [0.25, 0.3) is 10.8 Å². The summed E-state index contributed by atoms with van der Waals surface area (Å²) in [7, 11) is 0. The first-order chi connectivity index (χ1) is 15.2. The molecule has 0 saturated carbocycles. The summed E-state index contributed by atoms with van der Waals surface area (Å²) in [6.45, 7) is 6.78. The monoisotopic (exact) mass is 417 g/mol. The van der Waals surface area contributed by atoms with Crippen molar-refractivity contribution >= 4 is 22.4 Å². The molecule has 31 heavy (non-hydrogen) atoms. The zero-order chi connectivity index (χ0) is 21.2. The van der Waals surface area contributed by atoms with Crippen molar-refractivity contribution in [3.05, 3.63) is 66.2 Å². The number of carbonyl (C=O) groups excluding carboxylic acids is 1. The molecule has 0 radical (unpaired) electrons. The molecule has 0 aliphatic carbocycles. The van der Waals surface area contributed by atoms with Gasteiger partial charge in [0.15, 0.2) is 11.5 Å². The molecule has 6 heteroatoms. The standard InChI is InChI=1S/C25H27N3O3/c1-18(25(29)26-22-8-7-20-4-2-3-5-21(20)15-22)28-12-10-27(11-13-28)16-19-6-9-23-24(14-19)31-17-30-23/h2-9,14-15,18H,10-13,16-17H2,1H3,(H,26,29)/t18-/m0/s1. The number of benzene rings is 3. The van der Waals surface area contributed by atoms with Gasteiger partial charge in [0.25, 0.3) is 0 Å². The Labute approximate surface area is 182 Å². The van der Waals surface area contributed by atoms with E-state index in [2.05, 4.69) is 39.4 Å². The number of hydrogen-bond acceptors (Lipinski definition) is 5. The minimum absolute atomic E-state index is 0.0412. The molecule has 0 unspecified atom stereocenters. The van der Waals surface area contributed by atoms with E-state index in [1.54, 1.807) is 0 Å². The van der Waals surface area contributed by atoms with Gasteiger partial charge in [-0.2, -0.15) is 0 Å². The van der Waals surface area contributed by atoms with Crippen molar-refractivity contribution in [3.8, 4) is 11.5 Å². The zero-order valence-corrected chi connectivity index (χ0v) is 17.7. The van der Waals surface area contributed by atoms with E-state index in [1.807, 2.05) is 43.3 Å². The maximum Gasteiger partial charge on any atom is 0.241 e. The smallest absolute Gasteiger partial charge is 0.241 e. The third-order valence-corrected chi connectivity index (χ3v) is 6.19. The third-order valence-electron chi connectivity index (χ3n) is 6.19. The second-order valence-corrected chi connectivity index (χ2v) is 8.23. The Bertz CT molecular complexity index is 1090. The summed E-state index contributed by atoms with van der Waals surface area (Å²) < 4.78 is 10.9. The molecule has 3 aromatic carbocycles. The first kappa shape index (κ1) is 19.8. The fourth-order valence-corrected chi connectivity index (χ4v) is 4.29. The molecule has 6 nitrogen and oxygen atoms in total. The highest BCUT2D eigenvalue weighted by atomic mass is 16.7. The lowest BCUT2D eigenvalue weighted by atomic mass is 10.1. The number of piperazine rings is 1. The summed E-state index contributed by atoms with van der Waals surface area (Å²) in [5, 5.41) is 5.39. The van der Waals surface area contributed by atoms with Gasteiger partial charge < -0.3 is 14.8 Å². The molecule has 1 atom stereocenters. The van der Waals surface area contributed by atoms with Gasteiger partial charge in [0.05, 0.1) is 6.04 Å². The second-order valence-electron chi connectivity index (χ2n) is 8.23. The predicted octanol–water partition coefficient (Wildman–Crippen LogP) is 3.71. The van der Waals surface area contributed by atoms with Gasteiger partial charge in [-0.05, 0) is 47.5 Å². The largest absolute Gasteiger partial charge is 0.454 e. The number of hydrogen-bond donors (Lipinski definition) is 1. The van der Waals surface area contributed by atoms with Crippen LogP contribution in [-0.4, -0.2) is 54.7 Å². The predicted molar refractivity (Wildman–Crippen MR) is 121 cm³/mol. The van der Waals surface area contributed by atoms with Gasteiger partial charge in [0.2, 0.25) is 12.7 Å². The lowest BCUT2D eigenvalue weighted by Crippen LogP contribution is -2.52. The van der Waals surface area contributed by atoms with Gasteiger partial charge in [-0.25, -0.2) is 0 Å². The summed E-state index contributed by atoms with van der Waals surface area (Å²) in [6.07, 6.45) is 0. The SMILES string of the molecule is C[C@@H](C(=O)Nc1ccc2ccccc2c1)N1CCN(Cc2ccc3c(c2)OCO3)CC1. The van der Waals surface area contributed by atoms with E-state index >= 15 is 0 Å². The molecule has 0 aromatic heterocycles. The van der Waals surface area contributed by atoms with E-state index in [9.17, 15) is 4.79 Å². The Morgan fingerprint density at radius 3 is 2.55 bits per heavy atom. The van der Waals surface area contributed by atoms with E-state index in [0.29, 0.717) is 6.79 Å². The van der Waals surface area contributed by atoms with Crippen LogP contribution in [0.3, 0.4) is 0 Å². The van der Waals surface area contributed by atoms with Gasteiger partial charge >= 0.3 is 0 Å². The number of rotatable bonds is 5. The van der Waals surface area contributed by atoms with Gasteiger partial charge in [0, 0.05) is 38.4 Å². The molecular formula is C25H27N3O3. The normalized spacial score (nSPS) is 17.6. The quantitative estimate of drug-likeness (QED) is 0.686. The second kappa shape index (κ2) is 8.57. The average Bonchev–Trinajstić information content (AvgIpc) is 3.27. The Hall–Kier alpha value is -3.09. The summed E-state index contributed by atoms with van der Waals surface area (Å²) in [4.78, 5) is 17.5. The molecule has 1 N–H and O–H groups in total. The lowest BCUT2D eigenvalue weighted by Gasteiger charge is -2.37. The molecule has 3 aromatic rings. The minimum Gasteiger partial charge on any atom is -0.454 e. The van der Waals surface area contributed by atoms with E-state index in [-0.39, 0.29) is 11.9 Å². The van der Waals surface area contributed by atoms with Crippen molar-refractivity contribution in [2.24, 2.45) is 0 Å². The van der Waals surface area contributed by atoms with Crippen LogP contribution in [0.2, 0.25) is 0 Å². The zero-order valence-electron chi connectivity index (χ0n) is 17.7. The van der Waals surface area contributed by atoms with Gasteiger partial charge in [-0.3, -0.25) is 14.6 Å². The van der Waals surface area contributed by atoms with Gasteiger partial charge in [-0.1, -0.05) is 36.4 Å². The van der Waals surface area contributed by atoms with Gasteiger partial charge in [-0.15, -0.1) is 0 Å². The molecule has 2 aliphatic heterocycles. The Balaban J connectivity index is 1.14. The lowest BCUT2D eigenvalue weighted by molar-refractivity contribution is -0.121. The highest BCUT2D eigenvalue weighted by Crippen LogP contribution is 2.32. The molecule has 0 spiro atoms. The van der Waals surface area contributed by atoms with Crippen LogP contribution < -0.4 is 14.8 Å². The Morgan fingerprint density at radius 1 is 0.935 bits per heavy atom. The summed E-state index contributed by atoms with van der Waals surface area (Å²) in [5.41, 5.74) is 2.07. The van der Waals surface area contributed by atoms with Crippen molar-refractivity contribution < 1.29 is 14.3 Å². The van der Waals surface area contributed by atoms with Crippen LogP contribution in [0.1, 0.15) is 12.5 Å². The van der Waals surface area contributed by atoms with Crippen LogP contribution in [0.4, 0.5) is 5.69 Å². The van der Waals surface area contributed by atoms with Crippen LogP contribution in [0.15, 0.2) is 60.7 Å². The fourth-order valence-electron chi connectivity index (χ4n) is 4.29. The topological polar surface area (TPSA) is 54.0 Å². The Kier molecular flexibility index (Phi) is 5.49. The fraction of sp³-hybridized carbons (Fsp3) is 0.320. The van der Waals surface area contributed by atoms with E-state index in [4.69, 9.17) is 9.47 Å². The summed E-state index contributed by atoms with van der Waals surface area (Å²) in [5.74, 6) is 1.69. The van der Waals surface area contributed by atoms with Crippen molar-refractivity contribution in [2.45, 2.75) is 19.5 Å². The van der Waals surface area contributed by atoms with Crippen molar-refractivity contribution in [3.63, 3.8) is 0 Å². The molecule has 2 heterocycles. The first-order valence-corrected chi connectivity index (χ1v) is 10.8. The van der Waals surface area contributed by atoms with E-state index in [1.165, 1.54) is 10.9 Å². The summed E-state index contributed by atoms with van der Waals surface area (Å²) in [6, 6.07) is 20.2. The molecule has 2 aliphatic rings. The highest BCUT2D eigenvalue weighted by molar-refractivity contribution is 5.97. The third kappa shape index (κ3) is 4.36. The highest BCUT2D eigenvalue weighted by Gasteiger charge is 2.26. The molecular weight excluding hydrogens is 390 g/mol. The average molecular weight is 418 g/mol. The minimum atomic E-state index is -0.167.